The second-order valence-corrected chi connectivity index (χ2v) is 4.24. The summed E-state index contributed by atoms with van der Waals surface area (Å²) in [5.74, 6) is -1.31. The van der Waals surface area contributed by atoms with Gasteiger partial charge in [-0.1, -0.05) is 13.8 Å². The zero-order valence-corrected chi connectivity index (χ0v) is 11.4. The van der Waals surface area contributed by atoms with E-state index in [1.807, 2.05) is 13.8 Å². The van der Waals surface area contributed by atoms with Gasteiger partial charge in [0.2, 0.25) is 5.75 Å². The number of hydrogen-bond acceptors (Lipinski definition) is 4. The number of benzene rings is 1. The first-order valence-electron chi connectivity index (χ1n) is 6.34. The van der Waals surface area contributed by atoms with Gasteiger partial charge in [0.05, 0.1) is 4.92 Å². The normalized spacial score (nSPS) is 10.4. The molecule has 7 heteroatoms. The number of nitrogens with zero attached hydrogens (tertiary/aromatic N) is 1. The number of amides is 1. The first kappa shape index (κ1) is 15.9. The summed E-state index contributed by atoms with van der Waals surface area (Å²) in [6, 6.07) is 2.90. The summed E-state index contributed by atoms with van der Waals surface area (Å²) in [6.45, 7) is 3.49. The van der Waals surface area contributed by atoms with Crippen molar-refractivity contribution in [3.63, 3.8) is 0 Å². The van der Waals surface area contributed by atoms with Crippen LogP contribution in [0.1, 0.15) is 26.7 Å². The second kappa shape index (κ2) is 7.42. The molecule has 20 heavy (non-hydrogen) atoms. The largest absolute Gasteiger partial charge is 0.477 e. The molecule has 0 radical (unpaired) electrons. The molecule has 0 unspecified atom stereocenters. The van der Waals surface area contributed by atoms with E-state index < -0.39 is 16.6 Å². The van der Waals surface area contributed by atoms with Gasteiger partial charge in [-0.25, -0.2) is 4.39 Å². The molecule has 6 nitrogen and oxygen atoms in total. The van der Waals surface area contributed by atoms with E-state index in [9.17, 15) is 19.3 Å². The molecule has 0 saturated carbocycles. The van der Waals surface area contributed by atoms with Crippen LogP contribution in [0.4, 0.5) is 10.1 Å². The fourth-order valence-corrected chi connectivity index (χ4v) is 1.66. The summed E-state index contributed by atoms with van der Waals surface area (Å²) in [5.41, 5.74) is -0.373. The Hall–Kier alpha value is -2.18. The lowest BCUT2D eigenvalue weighted by atomic mass is 10.2. The van der Waals surface area contributed by atoms with E-state index in [-0.39, 0.29) is 24.1 Å². The summed E-state index contributed by atoms with van der Waals surface area (Å²) < 4.78 is 18.1. The molecule has 0 aliphatic rings. The van der Waals surface area contributed by atoms with Gasteiger partial charge in [-0.05, 0) is 18.9 Å². The van der Waals surface area contributed by atoms with Crippen molar-refractivity contribution in [2.75, 3.05) is 6.61 Å². The zero-order chi connectivity index (χ0) is 15.1. The Balaban J connectivity index is 2.67. The second-order valence-electron chi connectivity index (χ2n) is 4.24. The quantitative estimate of drug-likeness (QED) is 0.615. The lowest BCUT2D eigenvalue weighted by Crippen LogP contribution is -2.37. The molecule has 0 spiro atoms. The van der Waals surface area contributed by atoms with Gasteiger partial charge >= 0.3 is 5.69 Å². The lowest BCUT2D eigenvalue weighted by molar-refractivity contribution is -0.385. The van der Waals surface area contributed by atoms with Crippen molar-refractivity contribution < 1.29 is 18.8 Å². The summed E-state index contributed by atoms with van der Waals surface area (Å²) in [4.78, 5) is 21.7. The molecule has 0 aliphatic heterocycles. The van der Waals surface area contributed by atoms with Crippen LogP contribution in [0.25, 0.3) is 0 Å². The van der Waals surface area contributed by atoms with Crippen LogP contribution in [0.5, 0.6) is 5.75 Å². The van der Waals surface area contributed by atoms with E-state index >= 15 is 0 Å². The Kier molecular flexibility index (Phi) is 5.89. The first-order valence-corrected chi connectivity index (χ1v) is 6.34. The summed E-state index contributed by atoms with van der Waals surface area (Å²) in [7, 11) is 0. The van der Waals surface area contributed by atoms with Crippen molar-refractivity contribution in [3.8, 4) is 5.75 Å². The molecule has 1 amide bonds. The highest BCUT2D eigenvalue weighted by atomic mass is 19.1. The van der Waals surface area contributed by atoms with Crippen molar-refractivity contribution in [2.24, 2.45) is 0 Å². The average Bonchev–Trinajstić information content (AvgIpc) is 2.42. The predicted octanol–water partition coefficient (Wildman–Crippen LogP) is 2.42. The number of rotatable bonds is 7. The van der Waals surface area contributed by atoms with Crippen molar-refractivity contribution >= 4 is 11.6 Å². The van der Waals surface area contributed by atoms with Crippen molar-refractivity contribution in [1.29, 1.82) is 0 Å². The van der Waals surface area contributed by atoms with Crippen LogP contribution >= 0.6 is 0 Å². The minimum atomic E-state index is -0.687. The third-order valence-corrected chi connectivity index (χ3v) is 2.83. The minimum absolute atomic E-state index is 0.0357. The molecule has 110 valence electrons. The number of nitro groups is 1. The number of carbonyl (C=O) groups is 1. The van der Waals surface area contributed by atoms with Crippen LogP contribution < -0.4 is 10.1 Å². The standard InChI is InChI=1S/C13H17FN2O4/c1-3-10(4-2)15-13(17)8-20-12-7-9(14)5-6-11(12)16(18)19/h5-7,10H,3-4,8H2,1-2H3,(H,15,17). The topological polar surface area (TPSA) is 81.5 Å². The molecule has 1 N–H and O–H groups in total. The molecule has 0 heterocycles. The number of nitro benzene ring substituents is 1. The highest BCUT2D eigenvalue weighted by Gasteiger charge is 2.17. The van der Waals surface area contributed by atoms with E-state index in [0.717, 1.165) is 31.0 Å². The van der Waals surface area contributed by atoms with Crippen LogP contribution in [0.15, 0.2) is 18.2 Å². The zero-order valence-electron chi connectivity index (χ0n) is 11.4. The fraction of sp³-hybridized carbons (Fsp3) is 0.462. The van der Waals surface area contributed by atoms with Gasteiger partial charge in [-0.15, -0.1) is 0 Å². The third-order valence-electron chi connectivity index (χ3n) is 2.83. The first-order chi connectivity index (χ1) is 9.47. The molecule has 0 aliphatic carbocycles. The molecule has 0 atom stereocenters. The molecule has 0 aromatic heterocycles. The molecular weight excluding hydrogens is 267 g/mol. The third kappa shape index (κ3) is 4.49. The van der Waals surface area contributed by atoms with Gasteiger partial charge in [-0.2, -0.15) is 0 Å². The molecule has 1 aromatic carbocycles. The van der Waals surface area contributed by atoms with E-state index in [0.29, 0.717) is 0 Å². The summed E-state index contributed by atoms with van der Waals surface area (Å²) in [6.07, 6.45) is 1.56. The minimum Gasteiger partial charge on any atom is -0.477 e. The number of halogens is 1. The Bertz CT molecular complexity index is 489. The van der Waals surface area contributed by atoms with Crippen LogP contribution in [0, 0.1) is 15.9 Å². The summed E-state index contributed by atoms with van der Waals surface area (Å²) >= 11 is 0. The maximum absolute atomic E-state index is 13.1. The number of carbonyl (C=O) groups excluding carboxylic acids is 1. The van der Waals surface area contributed by atoms with E-state index in [4.69, 9.17) is 4.74 Å². The monoisotopic (exact) mass is 284 g/mol. The summed E-state index contributed by atoms with van der Waals surface area (Å²) in [5, 5.41) is 13.5. The highest BCUT2D eigenvalue weighted by Crippen LogP contribution is 2.27. The van der Waals surface area contributed by atoms with E-state index in [1.54, 1.807) is 0 Å². The van der Waals surface area contributed by atoms with Gasteiger partial charge in [-0.3, -0.25) is 14.9 Å². The van der Waals surface area contributed by atoms with Gasteiger partial charge in [0.25, 0.3) is 5.91 Å². The number of ether oxygens (including phenoxy) is 1. The van der Waals surface area contributed by atoms with Gasteiger partial charge < -0.3 is 10.1 Å². The molecule has 1 aromatic rings. The Morgan fingerprint density at radius 3 is 2.65 bits per heavy atom. The molecule has 0 saturated heterocycles. The van der Waals surface area contributed by atoms with Crippen LogP contribution in [0.3, 0.4) is 0 Å². The average molecular weight is 284 g/mol. The number of hydrogen-bond donors (Lipinski definition) is 1. The Labute approximate surface area is 116 Å². The maximum Gasteiger partial charge on any atom is 0.311 e. The predicted molar refractivity (Wildman–Crippen MR) is 71.1 cm³/mol. The molecule has 0 fully saturated rings. The van der Waals surface area contributed by atoms with Crippen LogP contribution in [-0.4, -0.2) is 23.5 Å². The van der Waals surface area contributed by atoms with Crippen LogP contribution in [0.2, 0.25) is 0 Å². The smallest absolute Gasteiger partial charge is 0.311 e. The van der Waals surface area contributed by atoms with E-state index in [1.165, 1.54) is 0 Å². The molecule has 0 bridgehead atoms. The highest BCUT2D eigenvalue weighted by molar-refractivity contribution is 5.78. The van der Waals surface area contributed by atoms with Gasteiger partial charge in [0.15, 0.2) is 6.61 Å². The van der Waals surface area contributed by atoms with Gasteiger partial charge in [0, 0.05) is 18.2 Å². The molecule has 1 rings (SSSR count). The fourth-order valence-electron chi connectivity index (χ4n) is 1.66. The SMILES string of the molecule is CCC(CC)NC(=O)COc1cc(F)ccc1[N+](=O)[O-]. The van der Waals surface area contributed by atoms with Gasteiger partial charge in [0.1, 0.15) is 5.82 Å². The Morgan fingerprint density at radius 2 is 2.10 bits per heavy atom. The Morgan fingerprint density at radius 1 is 1.45 bits per heavy atom. The van der Waals surface area contributed by atoms with Crippen molar-refractivity contribution in [2.45, 2.75) is 32.7 Å². The lowest BCUT2D eigenvalue weighted by Gasteiger charge is -2.14. The van der Waals surface area contributed by atoms with E-state index in [2.05, 4.69) is 5.32 Å². The molecular formula is C13H17FN2O4. The van der Waals surface area contributed by atoms with Crippen LogP contribution in [-0.2, 0) is 4.79 Å². The number of nitrogens with one attached hydrogen (secondary N) is 1. The maximum atomic E-state index is 13.1. The van der Waals surface area contributed by atoms with Crippen molar-refractivity contribution in [1.82, 2.24) is 5.32 Å². The van der Waals surface area contributed by atoms with Crippen molar-refractivity contribution in [3.05, 3.63) is 34.1 Å².